The first-order valence-electron chi connectivity index (χ1n) is 24.7. The molecule has 0 saturated heterocycles. The fraction of sp³-hybridized carbons (Fsp3) is 0.0909. The Balaban J connectivity index is 1.01. The molecule has 28 aliphatic rings. The quantitative estimate of drug-likeness (QED) is 0.100. The fourth-order valence-electron chi connectivity index (χ4n) is 11.1. The number of rotatable bonds is 2. The smallest absolute Gasteiger partial charge is 0.278 e. The Kier molecular flexibility index (Phi) is 11.6. The number of nitrogen functional groups attached to an aromatic ring is 2. The van der Waals surface area contributed by atoms with Crippen molar-refractivity contribution in [3.05, 3.63) is 236 Å². The zero-order valence-electron chi connectivity index (χ0n) is 42.0. The summed E-state index contributed by atoms with van der Waals surface area (Å²) in [7, 11) is 0. The molecule has 0 saturated carbocycles. The van der Waals surface area contributed by atoms with Gasteiger partial charge in [0, 0.05) is 34.6 Å². The minimum absolute atomic E-state index is 0.175. The highest BCUT2D eigenvalue weighted by Crippen LogP contribution is 2.45. The Bertz CT molecular complexity index is 3890. The molecular weight excluding hydrogens is 913 g/mol. The molecule has 0 amide bonds. The van der Waals surface area contributed by atoms with Crippen molar-refractivity contribution < 1.29 is 9.85 Å². The highest BCUT2D eigenvalue weighted by molar-refractivity contribution is 5.92. The molecule has 4 N–H and O–H groups in total. The van der Waals surface area contributed by atoms with Gasteiger partial charge < -0.3 is 11.5 Å². The first kappa shape index (κ1) is 47.0. The molecule has 8 nitrogen and oxygen atoms in total. The van der Waals surface area contributed by atoms with E-state index in [0.717, 1.165) is 89.0 Å². The maximum Gasteiger partial charge on any atom is 0.278 e. The molecule has 20 bridgehead atoms. The Morgan fingerprint density at radius 3 is 0.743 bits per heavy atom. The van der Waals surface area contributed by atoms with Crippen LogP contribution in [0.3, 0.4) is 0 Å². The number of benzene rings is 10. The number of hydrogen-bond acceptors (Lipinski definition) is 6. The normalized spacial score (nSPS) is 11.4. The third-order valence-corrected chi connectivity index (χ3v) is 15.6. The van der Waals surface area contributed by atoms with Gasteiger partial charge in [0.15, 0.2) is 0 Å². The van der Waals surface area contributed by atoms with Crippen molar-refractivity contribution in [1.29, 1.82) is 0 Å². The highest BCUT2D eigenvalue weighted by Gasteiger charge is 2.27. The van der Waals surface area contributed by atoms with Crippen LogP contribution in [0.2, 0.25) is 0 Å². The van der Waals surface area contributed by atoms with Gasteiger partial charge in [0.2, 0.25) is 0 Å². The molecule has 0 atom stereocenters. The van der Waals surface area contributed by atoms with E-state index in [1.165, 1.54) is 45.5 Å². The van der Waals surface area contributed by atoms with Crippen LogP contribution in [0.5, 0.6) is 0 Å². The van der Waals surface area contributed by atoms with Crippen LogP contribution in [-0.4, -0.2) is 9.85 Å². The number of nitro benzene ring substituents is 2. The van der Waals surface area contributed by atoms with Gasteiger partial charge in [-0.3, -0.25) is 20.2 Å². The van der Waals surface area contributed by atoms with E-state index in [1.807, 2.05) is 36.4 Å². The first-order chi connectivity index (χ1) is 35.6. The topological polar surface area (TPSA) is 138 Å². The van der Waals surface area contributed by atoms with Gasteiger partial charge in [-0.05, 0) is 176 Å². The zero-order chi connectivity index (χ0) is 51.7. The molecule has 0 spiro atoms. The predicted octanol–water partition coefficient (Wildman–Crippen LogP) is 17.5. The van der Waals surface area contributed by atoms with Crippen LogP contribution in [0.4, 0.5) is 22.7 Å². The van der Waals surface area contributed by atoms with Gasteiger partial charge in [0.25, 0.3) is 11.4 Å². The molecule has 38 rings (SSSR count). The van der Waals surface area contributed by atoms with E-state index in [4.69, 9.17) is 11.5 Å². The average Bonchev–Trinajstić information content (AvgIpc) is 3.42. The Morgan fingerprint density at radius 1 is 0.270 bits per heavy atom. The summed E-state index contributed by atoms with van der Waals surface area (Å²) >= 11 is 0. The van der Waals surface area contributed by atoms with Crippen molar-refractivity contribution in [3.63, 3.8) is 0 Å². The van der Waals surface area contributed by atoms with Gasteiger partial charge in [-0.15, -0.1) is 0 Å². The number of nitrogens with two attached hydrogens (primary N) is 2. The molecule has 28 aliphatic carbocycles. The van der Waals surface area contributed by atoms with Gasteiger partial charge in [-0.25, -0.2) is 0 Å². The van der Waals surface area contributed by atoms with Crippen molar-refractivity contribution in [1.82, 2.24) is 0 Å². The Hall–Kier alpha value is -9.40. The molecule has 10 aromatic rings. The van der Waals surface area contributed by atoms with Crippen LogP contribution in [0.15, 0.2) is 182 Å². The number of hydrogen-bond donors (Lipinski definition) is 2. The summed E-state index contributed by atoms with van der Waals surface area (Å²) in [5.41, 5.74) is 39.5. The number of nitro groups is 2. The van der Waals surface area contributed by atoms with E-state index < -0.39 is 9.85 Å². The van der Waals surface area contributed by atoms with Crippen molar-refractivity contribution in [2.75, 3.05) is 11.5 Å². The number of nitrogens with zero attached hydrogens (tertiary/aromatic N) is 2. The van der Waals surface area contributed by atoms with Gasteiger partial charge in [-0.1, -0.05) is 158 Å². The second kappa shape index (κ2) is 18.3. The molecule has 360 valence electrons. The maximum atomic E-state index is 12.7. The minimum atomic E-state index is -0.469. The van der Waals surface area contributed by atoms with Crippen LogP contribution in [0.25, 0.3) is 111 Å². The SMILES string of the molecule is Cc1c2ccc(c1C)-c1ccc(cc1)-c1cc([N+](=O)[O-])c(cc1[N+](=O)[O-])-c1ccc(cc1)-c1ccc(cc1)-c1c(C)c(C)c(c(C)c1C)-c1ccc(cc1)-c1cc(N)c(cc1N)-c1ccc(cc1)-c1ccc-2cc1. The summed E-state index contributed by atoms with van der Waals surface area (Å²) in [6.07, 6.45) is 0. The summed E-state index contributed by atoms with van der Waals surface area (Å²) in [6.45, 7) is 13.0. The third-order valence-electron chi connectivity index (χ3n) is 15.6. The van der Waals surface area contributed by atoms with E-state index in [2.05, 4.69) is 151 Å². The van der Waals surface area contributed by atoms with E-state index in [-0.39, 0.29) is 22.5 Å². The molecule has 0 radical (unpaired) electrons. The number of anilines is 2. The summed E-state index contributed by atoms with van der Waals surface area (Å²) in [4.78, 5) is 24.5. The van der Waals surface area contributed by atoms with Crippen LogP contribution >= 0.6 is 0 Å². The molecule has 0 fully saturated rings. The summed E-state index contributed by atoms with van der Waals surface area (Å²) in [5.74, 6) is 0. The van der Waals surface area contributed by atoms with Crippen molar-refractivity contribution in [2.45, 2.75) is 41.5 Å². The maximum absolute atomic E-state index is 12.7. The van der Waals surface area contributed by atoms with E-state index >= 15 is 0 Å². The second-order valence-corrected chi connectivity index (χ2v) is 19.6. The lowest BCUT2D eigenvalue weighted by Crippen LogP contribution is -2.00. The molecule has 0 unspecified atom stereocenters. The van der Waals surface area contributed by atoms with E-state index in [0.29, 0.717) is 22.5 Å². The molecule has 0 aliphatic heterocycles. The lowest BCUT2D eigenvalue weighted by Gasteiger charge is -2.22. The summed E-state index contributed by atoms with van der Waals surface area (Å²) < 4.78 is 0. The summed E-state index contributed by atoms with van der Waals surface area (Å²) in [6, 6.07) is 59.7. The van der Waals surface area contributed by atoms with Crippen LogP contribution in [-0.2, 0) is 0 Å². The molecular formula is C66H52N4O4. The standard InChI is InChI=1S/C66H52N4O4/c1-37-38(2)56-32-31-55(37)47-15-7-43(8-16-47)44-9-17-49(18-10-44)57-33-62(68)58(34-61(57)67)50-25-29-54(30-26-50)66-41(5)39(3)65(40(4)42(66)6)53-27-13-46(14-28-53)45-11-19-51(20-12-45)59-35-64(70(73)74)60(36-63(59)69(71)72)52-23-21-48(56)22-24-52/h7-36H,67-68H2,1-6H3. The molecule has 0 aromatic heterocycles. The first-order valence-corrected chi connectivity index (χ1v) is 24.7. The zero-order valence-corrected chi connectivity index (χ0v) is 42.0. The van der Waals surface area contributed by atoms with Gasteiger partial charge in [-0.2, -0.15) is 0 Å². The Morgan fingerprint density at radius 2 is 0.486 bits per heavy atom. The lowest BCUT2D eigenvalue weighted by atomic mass is 9.83. The average molecular weight is 965 g/mol. The predicted molar refractivity (Wildman–Crippen MR) is 305 cm³/mol. The molecule has 0 heterocycles. The largest absolute Gasteiger partial charge is 0.398 e. The fourth-order valence-corrected chi connectivity index (χ4v) is 11.1. The van der Waals surface area contributed by atoms with Crippen LogP contribution in [0.1, 0.15) is 33.4 Å². The third kappa shape index (κ3) is 8.07. The van der Waals surface area contributed by atoms with E-state index in [1.54, 1.807) is 24.3 Å². The highest BCUT2D eigenvalue weighted by atomic mass is 16.6. The minimum Gasteiger partial charge on any atom is -0.398 e. The van der Waals surface area contributed by atoms with E-state index in [9.17, 15) is 20.2 Å². The molecule has 10 aromatic carbocycles. The lowest BCUT2D eigenvalue weighted by molar-refractivity contribution is -0.388. The van der Waals surface area contributed by atoms with Crippen LogP contribution < -0.4 is 11.5 Å². The van der Waals surface area contributed by atoms with Crippen molar-refractivity contribution in [3.8, 4) is 111 Å². The second-order valence-electron chi connectivity index (χ2n) is 19.6. The van der Waals surface area contributed by atoms with Gasteiger partial charge in [0.05, 0.1) is 21.0 Å². The van der Waals surface area contributed by atoms with Crippen molar-refractivity contribution >= 4 is 22.7 Å². The monoisotopic (exact) mass is 964 g/mol. The van der Waals surface area contributed by atoms with Gasteiger partial charge in [0.1, 0.15) is 0 Å². The summed E-state index contributed by atoms with van der Waals surface area (Å²) in [5, 5.41) is 25.4. The molecule has 8 heteroatoms. The Labute approximate surface area is 430 Å². The molecule has 74 heavy (non-hydrogen) atoms. The van der Waals surface area contributed by atoms with Crippen molar-refractivity contribution in [2.24, 2.45) is 0 Å². The van der Waals surface area contributed by atoms with Crippen LogP contribution in [0, 0.1) is 61.8 Å². The van der Waals surface area contributed by atoms with Gasteiger partial charge >= 0.3 is 0 Å².